The van der Waals surface area contributed by atoms with E-state index in [9.17, 15) is 9.59 Å². The Morgan fingerprint density at radius 2 is 1.63 bits per heavy atom. The van der Waals surface area contributed by atoms with E-state index in [1.54, 1.807) is 0 Å². The van der Waals surface area contributed by atoms with Gasteiger partial charge in [0.05, 0.1) is 19.5 Å². The number of carbonyl (C=O) groups is 2. The first-order chi connectivity index (χ1) is 13.0. The Morgan fingerprint density at radius 3 is 2.15 bits per heavy atom. The van der Waals surface area contributed by atoms with Gasteiger partial charge in [-0.1, -0.05) is 48.5 Å². The number of carbonyl (C=O) groups excluding carboxylic acids is 1. The Balaban J connectivity index is 1.43. The lowest BCUT2D eigenvalue weighted by Crippen LogP contribution is -2.66. The number of fused-ring (bicyclic) bond motifs is 3. The fourth-order valence-electron chi connectivity index (χ4n) is 3.97. The number of benzene rings is 2. The van der Waals surface area contributed by atoms with Crippen molar-refractivity contribution < 1.29 is 24.3 Å². The first-order valence-corrected chi connectivity index (χ1v) is 8.73. The van der Waals surface area contributed by atoms with Crippen molar-refractivity contribution >= 4 is 12.1 Å². The van der Waals surface area contributed by atoms with Crippen LogP contribution < -0.4 is 5.90 Å². The Labute approximate surface area is 156 Å². The van der Waals surface area contributed by atoms with E-state index in [2.05, 4.69) is 24.3 Å². The summed E-state index contributed by atoms with van der Waals surface area (Å²) in [6.45, 7) is 0.428. The van der Waals surface area contributed by atoms with Gasteiger partial charge in [0.15, 0.2) is 0 Å². The lowest BCUT2D eigenvalue weighted by molar-refractivity contribution is -0.166. The summed E-state index contributed by atoms with van der Waals surface area (Å²) in [5.74, 6) is 4.18. The molecule has 7 heteroatoms. The predicted molar refractivity (Wildman–Crippen MR) is 96.9 cm³/mol. The van der Waals surface area contributed by atoms with Gasteiger partial charge >= 0.3 is 12.1 Å². The number of nitrogens with two attached hydrogens (primary N) is 1. The first-order valence-electron chi connectivity index (χ1n) is 8.73. The quantitative estimate of drug-likeness (QED) is 0.786. The van der Waals surface area contributed by atoms with E-state index in [1.165, 1.54) is 4.90 Å². The maximum absolute atomic E-state index is 12.4. The minimum absolute atomic E-state index is 0.0165. The molecular weight excluding hydrogens is 348 g/mol. The molecule has 2 aliphatic rings. The lowest BCUT2D eigenvalue weighted by Gasteiger charge is -2.46. The molecule has 0 bridgehead atoms. The van der Waals surface area contributed by atoms with Crippen molar-refractivity contribution in [2.75, 3.05) is 19.7 Å². The van der Waals surface area contributed by atoms with Gasteiger partial charge in [0.2, 0.25) is 0 Å². The molecular formula is C20H20N2O5. The van der Waals surface area contributed by atoms with Crippen LogP contribution in [0.3, 0.4) is 0 Å². The molecule has 1 saturated heterocycles. The van der Waals surface area contributed by atoms with Gasteiger partial charge in [-0.2, -0.15) is 0 Å². The number of hydrogen-bond acceptors (Lipinski definition) is 5. The van der Waals surface area contributed by atoms with E-state index < -0.39 is 17.7 Å². The predicted octanol–water partition coefficient (Wildman–Crippen LogP) is 2.35. The molecule has 3 N–H and O–H groups in total. The number of rotatable bonds is 5. The molecule has 4 rings (SSSR count). The second-order valence-corrected chi connectivity index (χ2v) is 7.03. The normalized spacial score (nSPS) is 17.0. The maximum Gasteiger partial charge on any atom is 0.409 e. The standard InChI is InChI=1S/C20H20N2O5/c21-27-20(9-18(23)24)11-22(12-20)19(25)26-10-17-15-7-3-1-5-13(15)14-6-2-4-8-16(14)17/h1-8,17H,9-12,21H2,(H,23,24). The van der Waals surface area contributed by atoms with Crippen LogP contribution in [0.25, 0.3) is 11.1 Å². The lowest BCUT2D eigenvalue weighted by atomic mass is 9.91. The molecule has 1 aliphatic carbocycles. The highest BCUT2D eigenvalue weighted by Gasteiger charge is 2.49. The Morgan fingerprint density at radius 1 is 1.07 bits per heavy atom. The second-order valence-electron chi connectivity index (χ2n) is 7.03. The molecule has 1 amide bonds. The molecule has 0 saturated carbocycles. The highest BCUT2D eigenvalue weighted by molar-refractivity contribution is 5.79. The van der Waals surface area contributed by atoms with Crippen LogP contribution in [0.5, 0.6) is 0 Å². The number of carboxylic acid groups (broad SMARTS) is 1. The average molecular weight is 368 g/mol. The van der Waals surface area contributed by atoms with E-state index in [0.29, 0.717) is 0 Å². The molecule has 1 heterocycles. The number of amides is 1. The number of hydrogen-bond donors (Lipinski definition) is 2. The molecule has 0 aromatic heterocycles. The largest absolute Gasteiger partial charge is 0.481 e. The molecule has 27 heavy (non-hydrogen) atoms. The van der Waals surface area contributed by atoms with E-state index in [4.69, 9.17) is 20.6 Å². The Bertz CT molecular complexity index is 846. The number of nitrogens with zero attached hydrogens (tertiary/aromatic N) is 1. The summed E-state index contributed by atoms with van der Waals surface area (Å²) in [5, 5.41) is 8.93. The van der Waals surface area contributed by atoms with Crippen LogP contribution >= 0.6 is 0 Å². The van der Waals surface area contributed by atoms with E-state index in [-0.39, 0.29) is 32.0 Å². The van der Waals surface area contributed by atoms with Crippen LogP contribution in [-0.2, 0) is 14.4 Å². The zero-order valence-corrected chi connectivity index (χ0v) is 14.6. The molecule has 7 nitrogen and oxygen atoms in total. The summed E-state index contributed by atoms with van der Waals surface area (Å²) in [6.07, 6.45) is -0.744. The van der Waals surface area contributed by atoms with E-state index in [1.807, 2.05) is 24.3 Å². The van der Waals surface area contributed by atoms with Gasteiger partial charge in [0, 0.05) is 5.92 Å². The molecule has 140 valence electrons. The number of aliphatic carboxylic acids is 1. The number of likely N-dealkylation sites (tertiary alicyclic amines) is 1. The summed E-state index contributed by atoms with van der Waals surface area (Å²) in [4.78, 5) is 29.5. The topological polar surface area (TPSA) is 102 Å². The van der Waals surface area contributed by atoms with Crippen molar-refractivity contribution in [3.63, 3.8) is 0 Å². The smallest absolute Gasteiger partial charge is 0.409 e. The molecule has 0 unspecified atom stereocenters. The minimum atomic E-state index is -1.03. The number of carboxylic acids is 1. The van der Waals surface area contributed by atoms with Crippen molar-refractivity contribution in [3.05, 3.63) is 59.7 Å². The van der Waals surface area contributed by atoms with Crippen molar-refractivity contribution in [1.82, 2.24) is 4.90 Å². The summed E-state index contributed by atoms with van der Waals surface area (Å²) in [6, 6.07) is 16.2. The third-order valence-electron chi connectivity index (χ3n) is 5.28. The highest BCUT2D eigenvalue weighted by Crippen LogP contribution is 2.44. The third kappa shape index (κ3) is 3.05. The van der Waals surface area contributed by atoms with E-state index >= 15 is 0 Å². The Kier molecular flexibility index (Phi) is 4.33. The van der Waals surface area contributed by atoms with Gasteiger partial charge < -0.3 is 14.7 Å². The van der Waals surface area contributed by atoms with Crippen molar-refractivity contribution in [1.29, 1.82) is 0 Å². The van der Waals surface area contributed by atoms with Crippen molar-refractivity contribution in [2.24, 2.45) is 5.90 Å². The summed E-state index contributed by atoms with van der Waals surface area (Å²) < 4.78 is 5.53. The zero-order chi connectivity index (χ0) is 19.0. The van der Waals surface area contributed by atoms with Gasteiger partial charge in [-0.3, -0.25) is 9.63 Å². The van der Waals surface area contributed by atoms with E-state index in [0.717, 1.165) is 22.3 Å². The molecule has 1 aliphatic heterocycles. The molecule has 2 aromatic rings. The van der Waals surface area contributed by atoms with Crippen molar-refractivity contribution in [3.8, 4) is 11.1 Å². The van der Waals surface area contributed by atoms with Crippen LogP contribution in [0, 0.1) is 0 Å². The van der Waals surface area contributed by atoms with Gasteiger partial charge in [-0.05, 0) is 22.3 Å². The fourth-order valence-corrected chi connectivity index (χ4v) is 3.97. The fraction of sp³-hybridized carbons (Fsp3) is 0.300. The van der Waals surface area contributed by atoms with Crippen molar-refractivity contribution in [2.45, 2.75) is 17.9 Å². The van der Waals surface area contributed by atoms with Crippen LogP contribution in [0.1, 0.15) is 23.5 Å². The second kappa shape index (κ2) is 6.68. The third-order valence-corrected chi connectivity index (χ3v) is 5.28. The summed E-state index contributed by atoms with van der Waals surface area (Å²) in [7, 11) is 0. The van der Waals surface area contributed by atoms with Crippen LogP contribution in [0.2, 0.25) is 0 Å². The van der Waals surface area contributed by atoms with Gasteiger partial charge in [0.25, 0.3) is 0 Å². The maximum atomic E-state index is 12.4. The molecule has 0 spiro atoms. The summed E-state index contributed by atoms with van der Waals surface area (Å²) >= 11 is 0. The summed E-state index contributed by atoms with van der Waals surface area (Å²) in [5.41, 5.74) is 3.57. The molecule has 0 radical (unpaired) electrons. The molecule has 2 aromatic carbocycles. The zero-order valence-electron chi connectivity index (χ0n) is 14.6. The van der Waals surface area contributed by atoms with Crippen LogP contribution in [0.15, 0.2) is 48.5 Å². The van der Waals surface area contributed by atoms with Crippen LogP contribution in [-0.4, -0.2) is 47.4 Å². The van der Waals surface area contributed by atoms with Gasteiger partial charge in [-0.25, -0.2) is 10.7 Å². The minimum Gasteiger partial charge on any atom is -0.481 e. The average Bonchev–Trinajstić information content (AvgIpc) is 2.96. The van der Waals surface area contributed by atoms with Gasteiger partial charge in [0.1, 0.15) is 12.2 Å². The van der Waals surface area contributed by atoms with Crippen LogP contribution in [0.4, 0.5) is 4.79 Å². The van der Waals surface area contributed by atoms with Gasteiger partial charge in [-0.15, -0.1) is 0 Å². The monoisotopic (exact) mass is 368 g/mol. The SMILES string of the molecule is NOC1(CC(=O)O)CN(C(=O)OCC2c3ccccc3-c3ccccc32)C1. The molecule has 1 fully saturated rings. The Hall–Kier alpha value is -2.90. The number of ether oxygens (including phenoxy) is 1. The first kappa shape index (κ1) is 17.5. The molecule has 0 atom stereocenters. The highest BCUT2D eigenvalue weighted by atomic mass is 16.6.